The molecule has 1 aromatic carbocycles. The van der Waals surface area contributed by atoms with E-state index < -0.39 is 0 Å². The van der Waals surface area contributed by atoms with Gasteiger partial charge >= 0.3 is 0 Å². The summed E-state index contributed by atoms with van der Waals surface area (Å²) in [5, 5.41) is 3.55. The van der Waals surface area contributed by atoms with Crippen LogP contribution in [0, 0.1) is 0 Å². The van der Waals surface area contributed by atoms with Gasteiger partial charge in [-0.15, -0.1) is 0 Å². The van der Waals surface area contributed by atoms with Crippen LogP contribution in [-0.2, 0) is 6.54 Å². The average Bonchev–Trinajstić information content (AvgIpc) is 2.92. The third-order valence-corrected chi connectivity index (χ3v) is 4.62. The molecule has 1 aromatic rings. The molecule has 3 nitrogen and oxygen atoms in total. The monoisotopic (exact) mass is 273 g/mol. The lowest BCUT2D eigenvalue weighted by atomic mass is 10.1. The third kappa shape index (κ3) is 2.99. The molecule has 2 heterocycles. The minimum Gasteiger partial charge on any atom is -0.368 e. The molecule has 1 unspecified atom stereocenters. The van der Waals surface area contributed by atoms with Crippen LogP contribution in [0.25, 0.3) is 0 Å². The van der Waals surface area contributed by atoms with Crippen LogP contribution in [0.3, 0.4) is 0 Å². The number of rotatable bonds is 4. The van der Waals surface area contributed by atoms with E-state index in [1.54, 1.807) is 0 Å². The second-order valence-electron chi connectivity index (χ2n) is 6.44. The Kier molecular flexibility index (Phi) is 4.27. The highest BCUT2D eigenvalue weighted by atomic mass is 15.3. The Balaban J connectivity index is 1.72. The highest BCUT2D eigenvalue weighted by Crippen LogP contribution is 2.27. The molecular weight excluding hydrogens is 246 g/mol. The summed E-state index contributed by atoms with van der Waals surface area (Å²) in [6.07, 6.45) is 2.76. The van der Waals surface area contributed by atoms with E-state index in [2.05, 4.69) is 53.2 Å². The highest BCUT2D eigenvalue weighted by molar-refractivity contribution is 5.54. The van der Waals surface area contributed by atoms with Gasteiger partial charge in [0.1, 0.15) is 0 Å². The molecular formula is C17H27N3. The van der Waals surface area contributed by atoms with Crippen molar-refractivity contribution < 1.29 is 0 Å². The van der Waals surface area contributed by atoms with Gasteiger partial charge in [-0.05, 0) is 31.0 Å². The van der Waals surface area contributed by atoms with Gasteiger partial charge in [0.05, 0.1) is 0 Å². The van der Waals surface area contributed by atoms with Crippen molar-refractivity contribution in [3.63, 3.8) is 0 Å². The first-order valence-electron chi connectivity index (χ1n) is 8.04. The molecule has 1 atom stereocenters. The molecule has 0 spiro atoms. The fourth-order valence-electron chi connectivity index (χ4n) is 3.49. The summed E-state index contributed by atoms with van der Waals surface area (Å²) in [5.41, 5.74) is 2.87. The predicted octanol–water partition coefficient (Wildman–Crippen LogP) is 2.47. The van der Waals surface area contributed by atoms with E-state index in [9.17, 15) is 0 Å². The topological polar surface area (TPSA) is 18.5 Å². The van der Waals surface area contributed by atoms with Crippen molar-refractivity contribution in [1.29, 1.82) is 0 Å². The van der Waals surface area contributed by atoms with Crippen LogP contribution in [0.1, 0.15) is 32.3 Å². The first-order chi connectivity index (χ1) is 9.74. The highest BCUT2D eigenvalue weighted by Gasteiger charge is 2.31. The van der Waals surface area contributed by atoms with Crippen molar-refractivity contribution in [3.05, 3.63) is 29.8 Å². The van der Waals surface area contributed by atoms with E-state index in [4.69, 9.17) is 0 Å². The van der Waals surface area contributed by atoms with Crippen LogP contribution in [0.2, 0.25) is 0 Å². The molecule has 2 saturated heterocycles. The molecule has 0 bridgehead atoms. The number of hydrogen-bond donors (Lipinski definition) is 1. The van der Waals surface area contributed by atoms with E-state index in [0.717, 1.165) is 12.6 Å². The summed E-state index contributed by atoms with van der Waals surface area (Å²) >= 11 is 0. The smallest absolute Gasteiger partial charge is 0.0412 e. The fraction of sp³-hybridized carbons (Fsp3) is 0.647. The minimum atomic E-state index is 0.537. The second-order valence-corrected chi connectivity index (χ2v) is 6.44. The molecule has 1 N–H and O–H groups in total. The van der Waals surface area contributed by atoms with E-state index >= 15 is 0 Å². The average molecular weight is 273 g/mol. The van der Waals surface area contributed by atoms with Gasteiger partial charge in [0, 0.05) is 44.0 Å². The number of benzene rings is 1. The Labute approximate surface area is 123 Å². The molecule has 3 rings (SSSR count). The lowest BCUT2D eigenvalue weighted by Crippen LogP contribution is -2.50. The maximum Gasteiger partial charge on any atom is 0.0412 e. The Morgan fingerprint density at radius 1 is 1.20 bits per heavy atom. The van der Waals surface area contributed by atoms with Gasteiger partial charge in [0.25, 0.3) is 0 Å². The summed E-state index contributed by atoms with van der Waals surface area (Å²) < 4.78 is 0. The van der Waals surface area contributed by atoms with Gasteiger partial charge in [0.15, 0.2) is 0 Å². The normalized spacial score (nSPS) is 23.4. The largest absolute Gasteiger partial charge is 0.368 e. The number of para-hydroxylation sites is 1. The molecule has 20 heavy (non-hydrogen) atoms. The van der Waals surface area contributed by atoms with Gasteiger partial charge in [-0.1, -0.05) is 32.0 Å². The summed E-state index contributed by atoms with van der Waals surface area (Å²) in [4.78, 5) is 5.27. The molecule has 0 amide bonds. The third-order valence-electron chi connectivity index (χ3n) is 4.62. The molecule has 2 fully saturated rings. The van der Waals surface area contributed by atoms with Crippen LogP contribution in [0.4, 0.5) is 5.69 Å². The van der Waals surface area contributed by atoms with Crippen molar-refractivity contribution in [1.82, 2.24) is 10.2 Å². The van der Waals surface area contributed by atoms with Crippen LogP contribution in [0.15, 0.2) is 24.3 Å². The molecule has 0 aliphatic carbocycles. The Bertz CT molecular complexity index is 444. The van der Waals surface area contributed by atoms with Crippen molar-refractivity contribution in [2.24, 2.45) is 0 Å². The van der Waals surface area contributed by atoms with Crippen molar-refractivity contribution in [2.45, 2.75) is 45.3 Å². The number of nitrogens with one attached hydrogen (secondary N) is 1. The van der Waals surface area contributed by atoms with Crippen LogP contribution in [-0.4, -0.2) is 43.2 Å². The van der Waals surface area contributed by atoms with E-state index in [1.165, 1.54) is 50.3 Å². The van der Waals surface area contributed by atoms with Gasteiger partial charge in [-0.3, -0.25) is 4.90 Å². The Morgan fingerprint density at radius 2 is 2.05 bits per heavy atom. The maximum absolute atomic E-state index is 3.55. The maximum atomic E-state index is 3.55. The summed E-state index contributed by atoms with van der Waals surface area (Å²) in [7, 11) is 0. The second kappa shape index (κ2) is 6.15. The summed E-state index contributed by atoms with van der Waals surface area (Å²) in [6, 6.07) is 10.2. The molecule has 2 aliphatic rings. The molecule has 3 heteroatoms. The SMILES string of the molecule is CC(C)NCc1ccccc1N1CCN2CCCC2C1. The standard InChI is InChI=1S/C17H27N3/c1-14(2)18-12-15-6-3-4-8-17(15)20-11-10-19-9-5-7-16(19)13-20/h3-4,6,8,14,16,18H,5,7,9-13H2,1-2H3. The van der Waals surface area contributed by atoms with Gasteiger partial charge < -0.3 is 10.2 Å². The fourth-order valence-corrected chi connectivity index (χ4v) is 3.49. The first-order valence-corrected chi connectivity index (χ1v) is 8.04. The molecule has 0 radical (unpaired) electrons. The van der Waals surface area contributed by atoms with Gasteiger partial charge in [0.2, 0.25) is 0 Å². The zero-order valence-electron chi connectivity index (χ0n) is 12.8. The zero-order chi connectivity index (χ0) is 13.9. The van der Waals surface area contributed by atoms with Crippen LogP contribution in [0.5, 0.6) is 0 Å². The summed E-state index contributed by atoms with van der Waals surface area (Å²) in [5.74, 6) is 0. The quantitative estimate of drug-likeness (QED) is 0.909. The van der Waals surface area contributed by atoms with Crippen LogP contribution < -0.4 is 10.2 Å². The summed E-state index contributed by atoms with van der Waals surface area (Å²) in [6.45, 7) is 10.3. The number of nitrogens with zero attached hydrogens (tertiary/aromatic N) is 2. The molecule has 0 saturated carbocycles. The number of hydrogen-bond acceptors (Lipinski definition) is 3. The van der Waals surface area contributed by atoms with E-state index in [0.29, 0.717) is 6.04 Å². The number of anilines is 1. The van der Waals surface area contributed by atoms with Gasteiger partial charge in [-0.2, -0.15) is 0 Å². The van der Waals surface area contributed by atoms with Crippen molar-refractivity contribution in [3.8, 4) is 0 Å². The van der Waals surface area contributed by atoms with E-state index in [-0.39, 0.29) is 0 Å². The van der Waals surface area contributed by atoms with Crippen molar-refractivity contribution in [2.75, 3.05) is 31.1 Å². The van der Waals surface area contributed by atoms with Crippen LogP contribution >= 0.6 is 0 Å². The van der Waals surface area contributed by atoms with E-state index in [1.807, 2.05) is 0 Å². The lowest BCUT2D eigenvalue weighted by molar-refractivity contribution is 0.231. The zero-order valence-corrected chi connectivity index (χ0v) is 12.8. The molecule has 0 aromatic heterocycles. The predicted molar refractivity (Wildman–Crippen MR) is 85.2 cm³/mol. The molecule has 110 valence electrons. The Morgan fingerprint density at radius 3 is 2.90 bits per heavy atom. The molecule has 2 aliphatic heterocycles. The van der Waals surface area contributed by atoms with Gasteiger partial charge in [-0.25, -0.2) is 0 Å². The first kappa shape index (κ1) is 13.9. The Hall–Kier alpha value is -1.06. The van der Waals surface area contributed by atoms with Crippen molar-refractivity contribution >= 4 is 5.69 Å². The number of piperazine rings is 1. The minimum absolute atomic E-state index is 0.537. The lowest BCUT2D eigenvalue weighted by Gasteiger charge is -2.39. The number of fused-ring (bicyclic) bond motifs is 1.